The molecule has 1 heterocycles. The Morgan fingerprint density at radius 3 is 2.48 bits per heavy atom. The number of halogens is 1. The molecule has 1 saturated carbocycles. The van der Waals surface area contributed by atoms with Gasteiger partial charge in [0.15, 0.2) is 0 Å². The second-order valence-corrected chi connectivity index (χ2v) is 7.33. The highest BCUT2D eigenvalue weighted by Crippen LogP contribution is 2.41. The summed E-state index contributed by atoms with van der Waals surface area (Å²) in [5, 5.41) is 0.642. The molecule has 0 radical (unpaired) electrons. The van der Waals surface area contributed by atoms with Crippen molar-refractivity contribution in [3.05, 3.63) is 59.4 Å². The van der Waals surface area contributed by atoms with Gasteiger partial charge < -0.3 is 0 Å². The van der Waals surface area contributed by atoms with Crippen LogP contribution in [0.15, 0.2) is 53.7 Å². The zero-order chi connectivity index (χ0) is 14.9. The Hall–Kier alpha value is -1.43. The molecule has 110 valence electrons. The molecule has 0 saturated heterocycles. The highest BCUT2D eigenvalue weighted by molar-refractivity contribution is 7.89. The largest absolute Gasteiger partial charge is 0.263 e. The third-order valence-electron chi connectivity index (χ3n) is 3.55. The summed E-state index contributed by atoms with van der Waals surface area (Å²) in [7, 11) is -3.57. The van der Waals surface area contributed by atoms with Crippen LogP contribution in [0.5, 0.6) is 0 Å². The highest BCUT2D eigenvalue weighted by atomic mass is 35.5. The maximum absolute atomic E-state index is 12.4. The van der Waals surface area contributed by atoms with E-state index < -0.39 is 10.0 Å². The first-order chi connectivity index (χ1) is 10.1. The minimum absolute atomic E-state index is 0.185. The molecule has 1 aliphatic rings. The van der Waals surface area contributed by atoms with Crippen LogP contribution in [-0.2, 0) is 10.0 Å². The van der Waals surface area contributed by atoms with Gasteiger partial charge >= 0.3 is 0 Å². The van der Waals surface area contributed by atoms with E-state index in [0.717, 1.165) is 18.4 Å². The fourth-order valence-corrected chi connectivity index (χ4v) is 3.66. The van der Waals surface area contributed by atoms with Crippen LogP contribution < -0.4 is 4.72 Å². The molecular formula is C15H15ClN2O2S. The lowest BCUT2D eigenvalue weighted by Gasteiger charge is -2.19. The molecule has 0 unspecified atom stereocenters. The average Bonchev–Trinajstić information content (AvgIpc) is 3.31. The molecule has 1 fully saturated rings. The number of nitrogens with one attached hydrogen (secondary N) is 1. The second kappa shape index (κ2) is 5.75. The number of pyridine rings is 1. The Balaban J connectivity index is 1.88. The topological polar surface area (TPSA) is 59.1 Å². The van der Waals surface area contributed by atoms with E-state index in [1.807, 2.05) is 12.1 Å². The zero-order valence-corrected chi connectivity index (χ0v) is 12.8. The Morgan fingerprint density at radius 2 is 1.90 bits per heavy atom. The van der Waals surface area contributed by atoms with Gasteiger partial charge in [-0.05, 0) is 48.6 Å². The van der Waals surface area contributed by atoms with Gasteiger partial charge in [0.25, 0.3) is 0 Å². The van der Waals surface area contributed by atoms with Gasteiger partial charge in [-0.25, -0.2) is 13.1 Å². The number of hydrogen-bond donors (Lipinski definition) is 1. The minimum atomic E-state index is -3.57. The molecule has 0 spiro atoms. The fourth-order valence-electron chi connectivity index (χ4n) is 2.28. The van der Waals surface area contributed by atoms with Gasteiger partial charge in [0.1, 0.15) is 4.90 Å². The number of nitrogens with zero attached hydrogens (tertiary/aromatic N) is 1. The summed E-state index contributed by atoms with van der Waals surface area (Å²) in [5.74, 6) is 0.345. The van der Waals surface area contributed by atoms with Crippen LogP contribution in [0.4, 0.5) is 0 Å². The van der Waals surface area contributed by atoms with Crippen molar-refractivity contribution in [2.75, 3.05) is 0 Å². The van der Waals surface area contributed by atoms with E-state index in [4.69, 9.17) is 11.6 Å². The molecule has 0 aliphatic heterocycles. The van der Waals surface area contributed by atoms with E-state index in [2.05, 4.69) is 9.71 Å². The average molecular weight is 323 g/mol. The van der Waals surface area contributed by atoms with Gasteiger partial charge in [-0.15, -0.1) is 0 Å². The minimum Gasteiger partial charge on any atom is -0.263 e. The van der Waals surface area contributed by atoms with Crippen molar-refractivity contribution in [2.45, 2.75) is 23.8 Å². The van der Waals surface area contributed by atoms with E-state index in [9.17, 15) is 8.42 Å². The first kappa shape index (κ1) is 14.5. The number of rotatable bonds is 5. The van der Waals surface area contributed by atoms with E-state index in [1.54, 1.807) is 30.5 Å². The van der Waals surface area contributed by atoms with Crippen LogP contribution in [0.1, 0.15) is 24.4 Å². The SMILES string of the molecule is O=S(=O)(N[C@@H](c1ccc(Cl)cc1)C1CC1)c1cccnc1. The predicted molar refractivity (Wildman–Crippen MR) is 81.5 cm³/mol. The molecule has 2 aromatic rings. The molecule has 1 aromatic carbocycles. The molecule has 0 amide bonds. The number of benzene rings is 1. The summed E-state index contributed by atoms with van der Waals surface area (Å²) in [6.07, 6.45) is 4.97. The van der Waals surface area contributed by atoms with Crippen molar-refractivity contribution in [3.63, 3.8) is 0 Å². The van der Waals surface area contributed by atoms with Crippen LogP contribution in [0.2, 0.25) is 5.02 Å². The standard InChI is InChI=1S/C15H15ClN2O2S/c16-13-7-5-12(6-8-13)15(11-3-4-11)18-21(19,20)14-2-1-9-17-10-14/h1-2,5-11,15,18H,3-4H2/t15-/m1/s1. The summed E-state index contributed by atoms with van der Waals surface area (Å²) < 4.78 is 27.7. The van der Waals surface area contributed by atoms with Crippen LogP contribution in [0.3, 0.4) is 0 Å². The van der Waals surface area contributed by atoms with Crippen LogP contribution in [0, 0.1) is 5.92 Å². The van der Waals surface area contributed by atoms with Gasteiger partial charge in [-0.2, -0.15) is 0 Å². The van der Waals surface area contributed by atoms with E-state index in [-0.39, 0.29) is 10.9 Å². The monoisotopic (exact) mass is 322 g/mol. The number of aromatic nitrogens is 1. The molecule has 0 bridgehead atoms. The molecular weight excluding hydrogens is 308 g/mol. The molecule has 1 aliphatic carbocycles. The van der Waals surface area contributed by atoms with Crippen molar-refractivity contribution in [3.8, 4) is 0 Å². The maximum atomic E-state index is 12.4. The Morgan fingerprint density at radius 1 is 1.19 bits per heavy atom. The van der Waals surface area contributed by atoms with Gasteiger partial charge in [0.2, 0.25) is 10.0 Å². The van der Waals surface area contributed by atoms with E-state index >= 15 is 0 Å². The lowest BCUT2D eigenvalue weighted by molar-refractivity contribution is 0.529. The smallest absolute Gasteiger partial charge is 0.242 e. The van der Waals surface area contributed by atoms with Crippen molar-refractivity contribution in [1.29, 1.82) is 0 Å². The van der Waals surface area contributed by atoms with E-state index in [1.165, 1.54) is 6.20 Å². The zero-order valence-electron chi connectivity index (χ0n) is 11.2. The maximum Gasteiger partial charge on any atom is 0.242 e. The molecule has 1 aromatic heterocycles. The van der Waals surface area contributed by atoms with Gasteiger partial charge in [-0.3, -0.25) is 4.98 Å². The van der Waals surface area contributed by atoms with Gasteiger partial charge in [-0.1, -0.05) is 23.7 Å². The number of sulfonamides is 1. The number of hydrogen-bond acceptors (Lipinski definition) is 3. The summed E-state index contributed by atoms with van der Waals surface area (Å²) in [4.78, 5) is 4.05. The lowest BCUT2D eigenvalue weighted by atomic mass is 10.0. The molecule has 1 N–H and O–H groups in total. The van der Waals surface area contributed by atoms with Crippen molar-refractivity contribution >= 4 is 21.6 Å². The highest BCUT2D eigenvalue weighted by Gasteiger charge is 2.35. The van der Waals surface area contributed by atoms with Crippen molar-refractivity contribution in [2.24, 2.45) is 5.92 Å². The van der Waals surface area contributed by atoms with E-state index in [0.29, 0.717) is 10.9 Å². The first-order valence-corrected chi connectivity index (χ1v) is 8.60. The predicted octanol–water partition coefficient (Wildman–Crippen LogP) is 3.16. The molecule has 6 heteroatoms. The molecule has 1 atom stereocenters. The van der Waals surface area contributed by atoms with Crippen molar-refractivity contribution in [1.82, 2.24) is 9.71 Å². The fraction of sp³-hybridized carbons (Fsp3) is 0.267. The summed E-state index contributed by atoms with van der Waals surface area (Å²) in [5.41, 5.74) is 0.939. The second-order valence-electron chi connectivity index (χ2n) is 5.18. The first-order valence-electron chi connectivity index (χ1n) is 6.74. The summed E-state index contributed by atoms with van der Waals surface area (Å²) in [6.45, 7) is 0. The van der Waals surface area contributed by atoms with Crippen molar-refractivity contribution < 1.29 is 8.42 Å². The Labute approximate surface area is 129 Å². The molecule has 21 heavy (non-hydrogen) atoms. The lowest BCUT2D eigenvalue weighted by Crippen LogP contribution is -2.30. The summed E-state index contributed by atoms with van der Waals surface area (Å²) in [6, 6.07) is 10.3. The normalized spacial score (nSPS) is 16.6. The Bertz CT molecular complexity index is 713. The van der Waals surface area contributed by atoms with Gasteiger partial charge in [0.05, 0.1) is 0 Å². The Kier molecular flexibility index (Phi) is 3.97. The molecule has 4 nitrogen and oxygen atoms in total. The summed E-state index contributed by atoms with van der Waals surface area (Å²) >= 11 is 5.89. The van der Waals surface area contributed by atoms with Crippen LogP contribution >= 0.6 is 11.6 Å². The third-order valence-corrected chi connectivity index (χ3v) is 5.23. The molecule has 3 rings (SSSR count). The van der Waals surface area contributed by atoms with Crippen LogP contribution in [0.25, 0.3) is 0 Å². The quantitative estimate of drug-likeness (QED) is 0.919. The van der Waals surface area contributed by atoms with Crippen LogP contribution in [-0.4, -0.2) is 13.4 Å². The van der Waals surface area contributed by atoms with Gasteiger partial charge in [0, 0.05) is 23.5 Å². The third kappa shape index (κ3) is 3.43.